The second-order valence-electron chi connectivity index (χ2n) is 4.59. The van der Waals surface area contributed by atoms with Crippen LogP contribution in [0.2, 0.25) is 0 Å². The van der Waals surface area contributed by atoms with E-state index in [2.05, 4.69) is 40.4 Å². The van der Waals surface area contributed by atoms with Crippen LogP contribution in [0.1, 0.15) is 16.8 Å². The molecule has 1 aromatic carbocycles. The Morgan fingerprint density at radius 2 is 1.79 bits per heavy atom. The number of imidazole rings is 1. The molecule has 3 rings (SSSR count). The molecule has 2 aromatic heterocycles. The van der Waals surface area contributed by atoms with Crippen molar-refractivity contribution in [3.05, 3.63) is 65.7 Å². The fourth-order valence-electron chi connectivity index (χ4n) is 2.14. The number of fused-ring (bicyclic) bond motifs is 1. The van der Waals surface area contributed by atoms with Crippen molar-refractivity contribution in [3.8, 4) is 0 Å². The van der Waals surface area contributed by atoms with Crippen LogP contribution in [0.15, 0.2) is 48.9 Å². The molecule has 4 nitrogen and oxygen atoms in total. The Morgan fingerprint density at radius 1 is 1.00 bits per heavy atom. The zero-order valence-corrected chi connectivity index (χ0v) is 10.7. The molecule has 0 fully saturated rings. The van der Waals surface area contributed by atoms with Crippen LogP contribution in [0, 0.1) is 0 Å². The predicted molar refractivity (Wildman–Crippen MR) is 74.7 cm³/mol. The molecular weight excluding hydrogens is 236 g/mol. The van der Waals surface area contributed by atoms with Crippen molar-refractivity contribution in [1.82, 2.24) is 14.4 Å². The maximum atomic E-state index is 5.58. The molecule has 0 saturated carbocycles. The Morgan fingerprint density at radius 3 is 2.58 bits per heavy atom. The van der Waals surface area contributed by atoms with E-state index in [9.17, 15) is 0 Å². The molecule has 2 heterocycles. The van der Waals surface area contributed by atoms with Gasteiger partial charge in [-0.3, -0.25) is 4.40 Å². The summed E-state index contributed by atoms with van der Waals surface area (Å²) in [5.41, 5.74) is 9.00. The van der Waals surface area contributed by atoms with E-state index in [1.54, 1.807) is 0 Å². The van der Waals surface area contributed by atoms with E-state index in [0.717, 1.165) is 18.5 Å². The molecule has 0 atom stereocenters. The van der Waals surface area contributed by atoms with E-state index in [1.165, 1.54) is 11.1 Å². The number of rotatable bonds is 4. The topological polar surface area (TPSA) is 56.2 Å². The molecule has 0 aliphatic rings. The molecule has 19 heavy (non-hydrogen) atoms. The van der Waals surface area contributed by atoms with E-state index in [4.69, 9.17) is 5.73 Å². The summed E-state index contributed by atoms with van der Waals surface area (Å²) in [4.78, 5) is 8.68. The first kappa shape index (κ1) is 11.9. The zero-order valence-electron chi connectivity index (χ0n) is 10.7. The Labute approximate surface area is 111 Å². The summed E-state index contributed by atoms with van der Waals surface area (Å²) < 4.78 is 1.95. The maximum Gasteiger partial charge on any atom is 0.233 e. The third kappa shape index (κ3) is 2.63. The number of nitrogens with two attached hydrogens (primary N) is 1. The highest BCUT2D eigenvalue weighted by Crippen LogP contribution is 2.08. The lowest BCUT2D eigenvalue weighted by Crippen LogP contribution is -1.95. The normalized spacial score (nSPS) is 11.0. The van der Waals surface area contributed by atoms with Crippen molar-refractivity contribution in [2.75, 3.05) is 0 Å². The number of aryl methyl sites for hydroxylation is 2. The Bertz CT molecular complexity index is 673. The highest BCUT2D eigenvalue weighted by molar-refractivity contribution is 5.32. The SMILES string of the molecule is NCc1cn2cc(CCc3ccccc3)cnc2n1. The molecule has 96 valence electrons. The van der Waals surface area contributed by atoms with Gasteiger partial charge in [0.25, 0.3) is 0 Å². The first-order chi connectivity index (χ1) is 9.35. The van der Waals surface area contributed by atoms with Crippen LogP contribution in [-0.2, 0) is 19.4 Å². The van der Waals surface area contributed by atoms with Gasteiger partial charge in [0.1, 0.15) is 0 Å². The predicted octanol–water partition coefficient (Wildman–Crippen LogP) is 1.97. The van der Waals surface area contributed by atoms with Gasteiger partial charge in [0, 0.05) is 25.1 Å². The summed E-state index contributed by atoms with van der Waals surface area (Å²) in [6.45, 7) is 0.447. The quantitative estimate of drug-likeness (QED) is 0.772. The van der Waals surface area contributed by atoms with Crippen molar-refractivity contribution >= 4 is 5.78 Å². The lowest BCUT2D eigenvalue weighted by Gasteiger charge is -2.02. The Hall–Kier alpha value is -2.20. The van der Waals surface area contributed by atoms with Crippen molar-refractivity contribution in [2.24, 2.45) is 5.73 Å². The van der Waals surface area contributed by atoms with Crippen molar-refractivity contribution in [3.63, 3.8) is 0 Å². The Balaban J connectivity index is 1.78. The summed E-state index contributed by atoms with van der Waals surface area (Å²) in [5.74, 6) is 0.712. The minimum absolute atomic E-state index is 0.447. The van der Waals surface area contributed by atoms with Gasteiger partial charge in [-0.1, -0.05) is 30.3 Å². The zero-order chi connectivity index (χ0) is 13.1. The van der Waals surface area contributed by atoms with Gasteiger partial charge in [0.15, 0.2) is 0 Å². The number of hydrogen-bond acceptors (Lipinski definition) is 3. The van der Waals surface area contributed by atoms with Crippen LogP contribution >= 0.6 is 0 Å². The van der Waals surface area contributed by atoms with Crippen LogP contribution in [-0.4, -0.2) is 14.4 Å². The first-order valence-corrected chi connectivity index (χ1v) is 6.41. The van der Waals surface area contributed by atoms with Crippen LogP contribution in [0.4, 0.5) is 0 Å². The van der Waals surface area contributed by atoms with Crippen LogP contribution < -0.4 is 5.73 Å². The van der Waals surface area contributed by atoms with Gasteiger partial charge in [-0.05, 0) is 24.0 Å². The van der Waals surface area contributed by atoms with Crippen molar-refractivity contribution in [1.29, 1.82) is 0 Å². The molecule has 0 aliphatic heterocycles. The van der Waals surface area contributed by atoms with Gasteiger partial charge in [-0.15, -0.1) is 0 Å². The third-order valence-corrected chi connectivity index (χ3v) is 3.17. The molecule has 0 aliphatic carbocycles. The molecule has 0 spiro atoms. The fraction of sp³-hybridized carbons (Fsp3) is 0.200. The lowest BCUT2D eigenvalue weighted by molar-refractivity contribution is 0.925. The van der Waals surface area contributed by atoms with Gasteiger partial charge in [-0.2, -0.15) is 0 Å². The average molecular weight is 252 g/mol. The van der Waals surface area contributed by atoms with E-state index in [0.29, 0.717) is 12.3 Å². The van der Waals surface area contributed by atoms with E-state index in [-0.39, 0.29) is 0 Å². The van der Waals surface area contributed by atoms with Crippen LogP contribution in [0.25, 0.3) is 5.78 Å². The number of benzene rings is 1. The van der Waals surface area contributed by atoms with E-state index < -0.39 is 0 Å². The van der Waals surface area contributed by atoms with Gasteiger partial charge >= 0.3 is 0 Å². The second kappa shape index (κ2) is 5.20. The largest absolute Gasteiger partial charge is 0.325 e. The maximum absolute atomic E-state index is 5.58. The van der Waals surface area contributed by atoms with Crippen molar-refractivity contribution in [2.45, 2.75) is 19.4 Å². The third-order valence-electron chi connectivity index (χ3n) is 3.17. The van der Waals surface area contributed by atoms with Crippen molar-refractivity contribution < 1.29 is 0 Å². The fourth-order valence-corrected chi connectivity index (χ4v) is 2.14. The standard InChI is InChI=1S/C15H16N4/c16-8-14-11-19-10-13(9-17-15(19)18-14)7-6-12-4-2-1-3-5-12/h1-5,9-11H,6-8,16H2. The molecule has 4 heteroatoms. The van der Waals surface area contributed by atoms with Gasteiger partial charge in [-0.25, -0.2) is 9.97 Å². The van der Waals surface area contributed by atoms with Gasteiger partial charge in [0.2, 0.25) is 5.78 Å². The molecule has 0 amide bonds. The second-order valence-corrected chi connectivity index (χ2v) is 4.59. The van der Waals surface area contributed by atoms with Crippen LogP contribution in [0.5, 0.6) is 0 Å². The van der Waals surface area contributed by atoms with E-state index in [1.807, 2.05) is 22.9 Å². The minimum Gasteiger partial charge on any atom is -0.325 e. The average Bonchev–Trinajstić information content (AvgIpc) is 2.88. The lowest BCUT2D eigenvalue weighted by atomic mass is 10.1. The summed E-state index contributed by atoms with van der Waals surface area (Å²) in [6, 6.07) is 10.5. The smallest absolute Gasteiger partial charge is 0.233 e. The summed E-state index contributed by atoms with van der Waals surface area (Å²) >= 11 is 0. The van der Waals surface area contributed by atoms with Gasteiger partial charge in [0.05, 0.1) is 5.69 Å². The molecule has 0 radical (unpaired) electrons. The van der Waals surface area contributed by atoms with Crippen LogP contribution in [0.3, 0.4) is 0 Å². The molecule has 2 N–H and O–H groups in total. The molecule has 3 aromatic rings. The summed E-state index contributed by atoms with van der Waals surface area (Å²) in [6.07, 6.45) is 7.91. The molecule has 0 unspecified atom stereocenters. The Kier molecular flexibility index (Phi) is 3.25. The molecule has 0 bridgehead atoms. The highest BCUT2D eigenvalue weighted by atomic mass is 15.1. The summed E-state index contributed by atoms with van der Waals surface area (Å²) in [7, 11) is 0. The minimum atomic E-state index is 0.447. The monoisotopic (exact) mass is 252 g/mol. The molecular formula is C15H16N4. The number of aromatic nitrogens is 3. The highest BCUT2D eigenvalue weighted by Gasteiger charge is 2.02. The van der Waals surface area contributed by atoms with Gasteiger partial charge < -0.3 is 5.73 Å². The summed E-state index contributed by atoms with van der Waals surface area (Å²) in [5, 5.41) is 0. The van der Waals surface area contributed by atoms with E-state index >= 15 is 0 Å². The number of hydrogen-bond donors (Lipinski definition) is 1. The molecule has 0 saturated heterocycles. The number of nitrogens with zero attached hydrogens (tertiary/aromatic N) is 3. The first-order valence-electron chi connectivity index (χ1n) is 6.41.